The summed E-state index contributed by atoms with van der Waals surface area (Å²) < 4.78 is 18.8. The Kier molecular flexibility index (Phi) is 6.59. The number of rotatable bonds is 6. The number of likely N-dealkylation sites (N-methyl/N-ethyl adjacent to an activating group) is 1. The zero-order valence-electron chi connectivity index (χ0n) is 20.2. The van der Waals surface area contributed by atoms with Crippen LogP contribution in [0, 0.1) is 0 Å². The number of anilines is 3. The molecular formula is C24H27ClN6O5. The van der Waals surface area contributed by atoms with E-state index in [1.165, 1.54) is 7.05 Å². The van der Waals surface area contributed by atoms with E-state index in [9.17, 15) is 9.59 Å². The van der Waals surface area contributed by atoms with Crippen LogP contribution in [0.15, 0.2) is 29.2 Å². The van der Waals surface area contributed by atoms with Crippen molar-refractivity contribution in [3.05, 3.63) is 39.8 Å². The molecule has 0 saturated carbocycles. The van der Waals surface area contributed by atoms with Gasteiger partial charge in [0.25, 0.3) is 11.5 Å². The van der Waals surface area contributed by atoms with Crippen molar-refractivity contribution in [1.29, 1.82) is 0 Å². The van der Waals surface area contributed by atoms with Crippen molar-refractivity contribution in [2.45, 2.75) is 32.6 Å². The number of carbonyl (C=O) groups excluding carboxylic acids is 1. The Bertz CT molecular complexity index is 1370. The number of morpholine rings is 1. The monoisotopic (exact) mass is 514 g/mol. The van der Waals surface area contributed by atoms with Gasteiger partial charge in [-0.1, -0.05) is 11.6 Å². The normalized spacial score (nSPS) is 19.1. The van der Waals surface area contributed by atoms with Gasteiger partial charge in [-0.3, -0.25) is 14.2 Å². The second-order valence-corrected chi connectivity index (χ2v) is 9.25. The number of nitrogens with zero attached hydrogens (tertiary/aromatic N) is 4. The molecule has 1 aromatic carbocycles. The van der Waals surface area contributed by atoms with Crippen LogP contribution in [0.5, 0.6) is 11.5 Å². The zero-order valence-corrected chi connectivity index (χ0v) is 21.0. The second-order valence-electron chi connectivity index (χ2n) is 8.84. The first kappa shape index (κ1) is 24.1. The first-order valence-corrected chi connectivity index (χ1v) is 12.1. The highest BCUT2D eigenvalue weighted by molar-refractivity contribution is 6.32. The molecule has 2 atom stereocenters. The number of hydrogen-bond acceptors (Lipinski definition) is 9. The number of hydrogen-bond donors (Lipinski definition) is 2. The molecule has 11 nitrogen and oxygen atoms in total. The average Bonchev–Trinajstić information content (AvgIpc) is 2.85. The number of benzene rings is 1. The zero-order chi connectivity index (χ0) is 25.4. The molecule has 1 fully saturated rings. The van der Waals surface area contributed by atoms with E-state index in [4.69, 9.17) is 25.8 Å². The maximum atomic E-state index is 12.9. The van der Waals surface area contributed by atoms with E-state index in [-0.39, 0.29) is 36.0 Å². The smallest absolute Gasteiger partial charge is 0.293 e. The quantitative estimate of drug-likeness (QED) is 0.510. The van der Waals surface area contributed by atoms with Crippen LogP contribution < -0.4 is 30.6 Å². The molecule has 3 aromatic rings. The molecule has 1 amide bonds. The van der Waals surface area contributed by atoms with E-state index in [2.05, 4.69) is 25.5 Å². The van der Waals surface area contributed by atoms with Gasteiger partial charge in [0.1, 0.15) is 17.4 Å². The third-order valence-electron chi connectivity index (χ3n) is 6.02. The van der Waals surface area contributed by atoms with E-state index < -0.39 is 0 Å². The summed E-state index contributed by atoms with van der Waals surface area (Å²) in [5.41, 5.74) is 1.01. The van der Waals surface area contributed by atoms with Gasteiger partial charge in [-0.15, -0.1) is 0 Å². The second kappa shape index (κ2) is 9.82. The molecule has 0 unspecified atom stereocenters. The first-order valence-electron chi connectivity index (χ1n) is 11.7. The van der Waals surface area contributed by atoms with Crippen LogP contribution in [0.2, 0.25) is 5.02 Å². The number of ether oxygens (including phenoxy) is 3. The molecule has 4 heterocycles. The van der Waals surface area contributed by atoms with Gasteiger partial charge in [-0.2, -0.15) is 4.98 Å². The molecule has 2 aromatic heterocycles. The number of carbonyl (C=O) groups is 1. The number of nitrogens with one attached hydrogen (secondary N) is 2. The standard InChI is InChI=1S/C24H27ClN6O5/c1-13-10-30(11-14(2)36-13)24-27-9-17(25)22(29-24)28-16-6-15-7-19(35-12-20(32)26-3)23(33)31-4-5-34-18(8-16)21(15)31/h6-9,13-14H,4-5,10-12H2,1-3H3,(H,26,32)(H,27,28,29)/t13-,14+. The highest BCUT2D eigenvalue weighted by atomic mass is 35.5. The van der Waals surface area contributed by atoms with Crippen molar-refractivity contribution >= 4 is 45.9 Å². The number of halogens is 1. The molecule has 5 rings (SSSR count). The molecule has 2 aliphatic heterocycles. The van der Waals surface area contributed by atoms with Crippen LogP contribution >= 0.6 is 11.6 Å². The van der Waals surface area contributed by atoms with Crippen LogP contribution in [0.4, 0.5) is 17.5 Å². The summed E-state index contributed by atoms with van der Waals surface area (Å²) in [7, 11) is 1.51. The molecule has 12 heteroatoms. The largest absolute Gasteiger partial charge is 0.489 e. The Morgan fingerprint density at radius 1 is 1.25 bits per heavy atom. The minimum absolute atomic E-state index is 0.0626. The maximum Gasteiger partial charge on any atom is 0.293 e. The first-order chi connectivity index (χ1) is 17.3. The van der Waals surface area contributed by atoms with Crippen molar-refractivity contribution < 1.29 is 19.0 Å². The van der Waals surface area contributed by atoms with E-state index in [0.717, 1.165) is 0 Å². The number of aromatic nitrogens is 3. The molecule has 0 aliphatic carbocycles. The summed E-state index contributed by atoms with van der Waals surface area (Å²) in [5, 5.41) is 6.82. The van der Waals surface area contributed by atoms with Gasteiger partial charge in [0, 0.05) is 37.3 Å². The van der Waals surface area contributed by atoms with Gasteiger partial charge >= 0.3 is 0 Å². The van der Waals surface area contributed by atoms with Gasteiger partial charge in [0.05, 0.1) is 30.5 Å². The third kappa shape index (κ3) is 4.76. The Labute approximate surface area is 212 Å². The van der Waals surface area contributed by atoms with Gasteiger partial charge < -0.3 is 29.7 Å². The summed E-state index contributed by atoms with van der Waals surface area (Å²) in [6, 6.07) is 5.27. The number of pyridine rings is 1. The maximum absolute atomic E-state index is 12.9. The van der Waals surface area contributed by atoms with Crippen LogP contribution in [0.3, 0.4) is 0 Å². The molecular weight excluding hydrogens is 488 g/mol. The van der Waals surface area contributed by atoms with Crippen molar-refractivity contribution in [3.63, 3.8) is 0 Å². The highest BCUT2D eigenvalue weighted by Crippen LogP contribution is 2.35. The molecule has 2 aliphatic rings. The lowest BCUT2D eigenvalue weighted by Gasteiger charge is -2.35. The molecule has 36 heavy (non-hydrogen) atoms. The summed E-state index contributed by atoms with van der Waals surface area (Å²) >= 11 is 6.44. The topological polar surface area (TPSA) is 120 Å². The molecule has 0 spiro atoms. The van der Waals surface area contributed by atoms with E-state index in [0.29, 0.717) is 65.4 Å². The fraction of sp³-hybridized carbons (Fsp3) is 0.417. The van der Waals surface area contributed by atoms with Gasteiger partial charge in [-0.05, 0) is 26.0 Å². The van der Waals surface area contributed by atoms with Crippen LogP contribution in [-0.2, 0) is 16.1 Å². The molecule has 1 saturated heterocycles. The number of amides is 1. The Balaban J connectivity index is 1.49. The average molecular weight is 515 g/mol. The SMILES string of the molecule is CNC(=O)COc1cc2cc(Nc3nc(N4C[C@@H](C)O[C@@H](C)C4)ncc3Cl)cc3c2n(c1=O)CCO3. The lowest BCUT2D eigenvalue weighted by molar-refractivity contribution is -0.122. The molecule has 190 valence electrons. The molecule has 0 radical (unpaired) electrons. The molecule has 0 bridgehead atoms. The van der Waals surface area contributed by atoms with E-state index in [1.807, 2.05) is 19.9 Å². The van der Waals surface area contributed by atoms with Crippen molar-refractivity contribution in [2.24, 2.45) is 0 Å². The third-order valence-corrected chi connectivity index (χ3v) is 6.30. The predicted octanol–water partition coefficient (Wildman–Crippen LogP) is 2.32. The minimum Gasteiger partial charge on any atom is -0.489 e. The van der Waals surface area contributed by atoms with Crippen LogP contribution in [0.25, 0.3) is 10.9 Å². The van der Waals surface area contributed by atoms with Crippen LogP contribution in [0.1, 0.15) is 13.8 Å². The van der Waals surface area contributed by atoms with Crippen molar-refractivity contribution in [1.82, 2.24) is 19.9 Å². The van der Waals surface area contributed by atoms with Gasteiger partial charge in [0.2, 0.25) is 5.95 Å². The Morgan fingerprint density at radius 3 is 2.78 bits per heavy atom. The fourth-order valence-electron chi connectivity index (χ4n) is 4.50. The van der Waals surface area contributed by atoms with E-state index in [1.54, 1.807) is 22.9 Å². The van der Waals surface area contributed by atoms with Gasteiger partial charge in [0.15, 0.2) is 18.2 Å². The van der Waals surface area contributed by atoms with E-state index >= 15 is 0 Å². The summed E-state index contributed by atoms with van der Waals surface area (Å²) in [4.78, 5) is 35.7. The Hall–Kier alpha value is -3.57. The van der Waals surface area contributed by atoms with Crippen LogP contribution in [-0.4, -0.2) is 66.0 Å². The van der Waals surface area contributed by atoms with Crippen molar-refractivity contribution in [3.8, 4) is 11.5 Å². The minimum atomic E-state index is -0.328. The molecule has 2 N–H and O–H groups in total. The summed E-state index contributed by atoms with van der Waals surface area (Å²) in [6.45, 7) is 5.84. The van der Waals surface area contributed by atoms with Crippen molar-refractivity contribution in [2.75, 3.05) is 43.6 Å². The summed E-state index contributed by atoms with van der Waals surface area (Å²) in [5.74, 6) is 1.32. The fourth-order valence-corrected chi connectivity index (χ4v) is 4.64. The van der Waals surface area contributed by atoms with Gasteiger partial charge in [-0.25, -0.2) is 4.98 Å². The Morgan fingerprint density at radius 2 is 2.03 bits per heavy atom. The summed E-state index contributed by atoms with van der Waals surface area (Å²) in [6.07, 6.45) is 1.70. The lowest BCUT2D eigenvalue weighted by Crippen LogP contribution is -2.46. The lowest BCUT2D eigenvalue weighted by atomic mass is 10.1. The predicted molar refractivity (Wildman–Crippen MR) is 136 cm³/mol. The highest BCUT2D eigenvalue weighted by Gasteiger charge is 2.25.